The molecule has 1 atom stereocenters. The molecule has 0 aliphatic heterocycles. The molecule has 0 spiro atoms. The Labute approximate surface area is 94.3 Å². The zero-order valence-electron chi connectivity index (χ0n) is 9.46. The lowest BCUT2D eigenvalue weighted by Gasteiger charge is -2.04. The Morgan fingerprint density at radius 1 is 1.38 bits per heavy atom. The second-order valence-corrected chi connectivity index (χ2v) is 3.97. The molecule has 0 aliphatic carbocycles. The fourth-order valence-corrected chi connectivity index (χ4v) is 1.50. The van der Waals surface area contributed by atoms with Gasteiger partial charge in [-0.25, -0.2) is 9.97 Å². The van der Waals surface area contributed by atoms with E-state index in [0.29, 0.717) is 5.82 Å². The monoisotopic (exact) mass is 217 g/mol. The third kappa shape index (κ3) is 2.43. The standard InChI is InChI=1S/C11H15N5/c1-8(12)5-9-6-13-11(14-7-9)10-3-4-16(2)15-10/h3-4,6-8H,5,12H2,1-2H3. The first-order valence-electron chi connectivity index (χ1n) is 5.21. The average molecular weight is 217 g/mol. The Bertz CT molecular complexity index is 457. The van der Waals surface area contributed by atoms with Crippen LogP contribution >= 0.6 is 0 Å². The summed E-state index contributed by atoms with van der Waals surface area (Å²) in [7, 11) is 1.87. The number of aryl methyl sites for hydroxylation is 1. The zero-order valence-corrected chi connectivity index (χ0v) is 9.46. The molecule has 0 amide bonds. The summed E-state index contributed by atoms with van der Waals surface area (Å²) in [5.74, 6) is 0.647. The lowest BCUT2D eigenvalue weighted by molar-refractivity contribution is 0.732. The van der Waals surface area contributed by atoms with E-state index < -0.39 is 0 Å². The molecule has 2 aromatic rings. The molecule has 0 aliphatic rings. The maximum absolute atomic E-state index is 5.71. The predicted octanol–water partition coefficient (Wildman–Crippen LogP) is 0.767. The van der Waals surface area contributed by atoms with E-state index >= 15 is 0 Å². The van der Waals surface area contributed by atoms with Crippen molar-refractivity contribution in [1.29, 1.82) is 0 Å². The lowest BCUT2D eigenvalue weighted by atomic mass is 10.1. The van der Waals surface area contributed by atoms with Crippen molar-refractivity contribution in [1.82, 2.24) is 19.7 Å². The molecule has 0 aromatic carbocycles. The van der Waals surface area contributed by atoms with Crippen LogP contribution in [-0.4, -0.2) is 25.8 Å². The highest BCUT2D eigenvalue weighted by molar-refractivity contribution is 5.47. The Hall–Kier alpha value is -1.75. The molecule has 0 saturated heterocycles. The van der Waals surface area contributed by atoms with Gasteiger partial charge in [0.1, 0.15) is 5.69 Å². The van der Waals surface area contributed by atoms with E-state index in [1.165, 1.54) is 0 Å². The Morgan fingerprint density at radius 2 is 2.06 bits per heavy atom. The fraction of sp³-hybridized carbons (Fsp3) is 0.364. The maximum Gasteiger partial charge on any atom is 0.180 e. The Balaban J connectivity index is 2.19. The van der Waals surface area contributed by atoms with Crippen molar-refractivity contribution < 1.29 is 0 Å². The summed E-state index contributed by atoms with van der Waals surface area (Å²) < 4.78 is 1.73. The number of hydrogen-bond acceptors (Lipinski definition) is 4. The van der Waals surface area contributed by atoms with Gasteiger partial charge in [0.25, 0.3) is 0 Å². The van der Waals surface area contributed by atoms with Gasteiger partial charge in [-0.15, -0.1) is 0 Å². The highest BCUT2D eigenvalue weighted by Crippen LogP contribution is 2.11. The van der Waals surface area contributed by atoms with Crippen molar-refractivity contribution in [2.24, 2.45) is 12.8 Å². The van der Waals surface area contributed by atoms with Gasteiger partial charge in [-0.05, 0) is 25.0 Å². The molecule has 16 heavy (non-hydrogen) atoms. The van der Waals surface area contributed by atoms with Gasteiger partial charge in [0, 0.05) is 31.7 Å². The highest BCUT2D eigenvalue weighted by atomic mass is 15.3. The van der Waals surface area contributed by atoms with Crippen LogP contribution in [0.25, 0.3) is 11.5 Å². The van der Waals surface area contributed by atoms with Crippen molar-refractivity contribution in [3.05, 3.63) is 30.2 Å². The van der Waals surface area contributed by atoms with Gasteiger partial charge >= 0.3 is 0 Å². The minimum absolute atomic E-state index is 0.129. The molecule has 2 aromatic heterocycles. The summed E-state index contributed by atoms with van der Waals surface area (Å²) in [4.78, 5) is 8.55. The van der Waals surface area contributed by atoms with E-state index in [1.807, 2.05) is 26.2 Å². The van der Waals surface area contributed by atoms with Crippen LogP contribution in [0.15, 0.2) is 24.7 Å². The van der Waals surface area contributed by atoms with Crippen molar-refractivity contribution in [3.63, 3.8) is 0 Å². The van der Waals surface area contributed by atoms with Gasteiger partial charge in [-0.2, -0.15) is 5.10 Å². The van der Waals surface area contributed by atoms with E-state index in [4.69, 9.17) is 5.73 Å². The van der Waals surface area contributed by atoms with Crippen LogP contribution in [0.5, 0.6) is 0 Å². The van der Waals surface area contributed by atoms with Crippen molar-refractivity contribution in [2.45, 2.75) is 19.4 Å². The van der Waals surface area contributed by atoms with Gasteiger partial charge in [0.2, 0.25) is 0 Å². The summed E-state index contributed by atoms with van der Waals surface area (Å²) in [5, 5.41) is 4.24. The topological polar surface area (TPSA) is 69.6 Å². The van der Waals surface area contributed by atoms with E-state index in [-0.39, 0.29) is 6.04 Å². The molecule has 84 valence electrons. The molecule has 2 N–H and O–H groups in total. The van der Waals surface area contributed by atoms with Crippen LogP contribution in [-0.2, 0) is 13.5 Å². The van der Waals surface area contributed by atoms with Crippen LogP contribution in [0, 0.1) is 0 Å². The van der Waals surface area contributed by atoms with Crippen LogP contribution in [0.2, 0.25) is 0 Å². The molecule has 2 heterocycles. The molecule has 1 unspecified atom stereocenters. The molecule has 0 radical (unpaired) electrons. The van der Waals surface area contributed by atoms with Gasteiger partial charge < -0.3 is 5.73 Å². The van der Waals surface area contributed by atoms with Crippen LogP contribution in [0.3, 0.4) is 0 Å². The summed E-state index contributed by atoms with van der Waals surface area (Å²) in [6, 6.07) is 2.02. The lowest BCUT2D eigenvalue weighted by Crippen LogP contribution is -2.18. The van der Waals surface area contributed by atoms with Crippen molar-refractivity contribution >= 4 is 0 Å². The third-order valence-corrected chi connectivity index (χ3v) is 2.21. The van der Waals surface area contributed by atoms with E-state index in [9.17, 15) is 0 Å². The molecule has 0 bridgehead atoms. The number of rotatable bonds is 3. The minimum atomic E-state index is 0.129. The predicted molar refractivity (Wildman–Crippen MR) is 61.6 cm³/mol. The van der Waals surface area contributed by atoms with E-state index in [2.05, 4.69) is 15.1 Å². The second kappa shape index (κ2) is 4.40. The largest absolute Gasteiger partial charge is 0.328 e. The van der Waals surface area contributed by atoms with Gasteiger partial charge in [-0.3, -0.25) is 4.68 Å². The maximum atomic E-state index is 5.71. The van der Waals surface area contributed by atoms with Crippen molar-refractivity contribution in [2.75, 3.05) is 0 Å². The van der Waals surface area contributed by atoms with Crippen molar-refractivity contribution in [3.8, 4) is 11.5 Å². The van der Waals surface area contributed by atoms with Gasteiger partial charge in [0.15, 0.2) is 5.82 Å². The summed E-state index contributed by atoms with van der Waals surface area (Å²) in [6.07, 6.45) is 6.28. The van der Waals surface area contributed by atoms with Gasteiger partial charge in [-0.1, -0.05) is 0 Å². The zero-order chi connectivity index (χ0) is 11.5. The third-order valence-electron chi connectivity index (χ3n) is 2.21. The first-order valence-corrected chi connectivity index (χ1v) is 5.21. The smallest absolute Gasteiger partial charge is 0.180 e. The highest BCUT2D eigenvalue weighted by Gasteiger charge is 2.05. The van der Waals surface area contributed by atoms with Crippen LogP contribution < -0.4 is 5.73 Å². The molecular weight excluding hydrogens is 202 g/mol. The van der Waals surface area contributed by atoms with Crippen LogP contribution in [0.1, 0.15) is 12.5 Å². The minimum Gasteiger partial charge on any atom is -0.328 e. The summed E-state index contributed by atoms with van der Waals surface area (Å²) in [6.45, 7) is 1.96. The number of nitrogens with zero attached hydrogens (tertiary/aromatic N) is 4. The number of aromatic nitrogens is 4. The normalized spacial score (nSPS) is 12.7. The summed E-state index contributed by atoms with van der Waals surface area (Å²) in [5.41, 5.74) is 7.54. The Kier molecular flexibility index (Phi) is 2.96. The molecular formula is C11H15N5. The molecule has 0 saturated carbocycles. The second-order valence-electron chi connectivity index (χ2n) is 3.97. The van der Waals surface area contributed by atoms with E-state index in [0.717, 1.165) is 17.7 Å². The Morgan fingerprint density at radius 3 is 2.56 bits per heavy atom. The molecule has 2 rings (SSSR count). The summed E-state index contributed by atoms with van der Waals surface area (Å²) >= 11 is 0. The number of nitrogens with two attached hydrogens (primary N) is 1. The number of hydrogen-bond donors (Lipinski definition) is 1. The first kappa shape index (κ1) is 10.8. The van der Waals surface area contributed by atoms with Crippen LogP contribution in [0.4, 0.5) is 0 Å². The quantitative estimate of drug-likeness (QED) is 0.824. The average Bonchev–Trinajstić information content (AvgIpc) is 2.65. The van der Waals surface area contributed by atoms with Gasteiger partial charge in [0.05, 0.1) is 0 Å². The first-order chi connectivity index (χ1) is 7.65. The molecule has 5 heteroatoms. The molecule has 0 fully saturated rings. The fourth-order valence-electron chi connectivity index (χ4n) is 1.50. The molecule has 5 nitrogen and oxygen atoms in total. The van der Waals surface area contributed by atoms with E-state index in [1.54, 1.807) is 17.1 Å². The SMILES string of the molecule is CC(N)Cc1cnc(-c2ccn(C)n2)nc1.